The molecule has 0 fully saturated rings. The van der Waals surface area contributed by atoms with Crippen LogP contribution in [0.15, 0.2) is 53.8 Å². The highest BCUT2D eigenvalue weighted by Crippen LogP contribution is 2.34. The fourth-order valence-corrected chi connectivity index (χ4v) is 4.58. The minimum atomic E-state index is -0.714. The van der Waals surface area contributed by atoms with E-state index in [2.05, 4.69) is 25.7 Å². The molecule has 0 bridgehead atoms. The van der Waals surface area contributed by atoms with E-state index < -0.39 is 11.9 Å². The summed E-state index contributed by atoms with van der Waals surface area (Å²) in [6, 6.07) is 11.0. The van der Waals surface area contributed by atoms with Crippen LogP contribution in [-0.4, -0.2) is 62.8 Å². The van der Waals surface area contributed by atoms with Crippen molar-refractivity contribution in [1.82, 2.24) is 25.1 Å². The van der Waals surface area contributed by atoms with Crippen molar-refractivity contribution in [3.63, 3.8) is 0 Å². The largest absolute Gasteiger partial charge is 0.370 e. The molecule has 2 amide bonds. The Labute approximate surface area is 200 Å². The second kappa shape index (κ2) is 10.7. The molecule has 0 spiro atoms. The number of hydrogen-bond donors (Lipinski definition) is 2. The van der Waals surface area contributed by atoms with E-state index in [1.807, 2.05) is 36.4 Å². The number of hydrogen-bond acceptors (Lipinski definition) is 7. The molecule has 0 saturated carbocycles. The first-order valence-electron chi connectivity index (χ1n) is 10.5. The summed E-state index contributed by atoms with van der Waals surface area (Å²) >= 11 is 7.22. The van der Waals surface area contributed by atoms with E-state index in [1.165, 1.54) is 23.0 Å². The first-order valence-corrected chi connectivity index (χ1v) is 12.0. The second-order valence-electron chi connectivity index (χ2n) is 7.49. The smallest absolute Gasteiger partial charge is 0.291 e. The molecule has 1 aromatic carbocycles. The van der Waals surface area contributed by atoms with Crippen molar-refractivity contribution in [2.45, 2.75) is 23.9 Å². The Kier molecular flexibility index (Phi) is 7.46. The Morgan fingerprint density at radius 2 is 2.09 bits per heavy atom. The van der Waals surface area contributed by atoms with Crippen LogP contribution in [0.1, 0.15) is 22.6 Å². The number of halogens is 1. The van der Waals surface area contributed by atoms with Crippen LogP contribution in [0, 0.1) is 0 Å². The molecule has 1 aliphatic heterocycles. The van der Waals surface area contributed by atoms with Gasteiger partial charge in [-0.3, -0.25) is 9.59 Å². The number of likely N-dealkylation sites (N-methyl/N-ethyl adjacent to an activating group) is 1. The average Bonchev–Trinajstić information content (AvgIpc) is 3.26. The molecule has 0 aliphatic carbocycles. The summed E-state index contributed by atoms with van der Waals surface area (Å²) in [5, 5.41) is 10.3. The van der Waals surface area contributed by atoms with Gasteiger partial charge in [0.15, 0.2) is 0 Å². The van der Waals surface area contributed by atoms with Gasteiger partial charge in [-0.25, -0.2) is 14.6 Å². The van der Waals surface area contributed by atoms with E-state index in [9.17, 15) is 9.59 Å². The molecule has 172 valence electrons. The van der Waals surface area contributed by atoms with E-state index in [0.717, 1.165) is 29.2 Å². The number of carbonyl (C=O) groups is 2. The van der Waals surface area contributed by atoms with Crippen LogP contribution in [0.4, 0.5) is 11.5 Å². The van der Waals surface area contributed by atoms with Gasteiger partial charge >= 0.3 is 0 Å². The summed E-state index contributed by atoms with van der Waals surface area (Å²) in [6.07, 6.45) is 4.01. The number of alkyl halides is 1. The van der Waals surface area contributed by atoms with Crippen molar-refractivity contribution in [1.29, 1.82) is 0 Å². The average molecular weight is 486 g/mol. The van der Waals surface area contributed by atoms with Crippen molar-refractivity contribution in [3.05, 3.63) is 60.3 Å². The summed E-state index contributed by atoms with van der Waals surface area (Å²) in [6.45, 7) is 1.23. The summed E-state index contributed by atoms with van der Waals surface area (Å²) in [5.74, 6) is 1.01. The van der Waals surface area contributed by atoms with Gasteiger partial charge in [0.2, 0.25) is 11.7 Å². The summed E-state index contributed by atoms with van der Waals surface area (Å²) in [4.78, 5) is 36.7. The lowest BCUT2D eigenvalue weighted by Crippen LogP contribution is -2.48. The molecule has 0 radical (unpaired) electrons. The molecule has 11 heteroatoms. The van der Waals surface area contributed by atoms with Gasteiger partial charge in [-0.15, -0.1) is 28.5 Å². The molecule has 1 aliphatic rings. The Morgan fingerprint density at radius 3 is 2.88 bits per heavy atom. The number of amides is 2. The number of thioether (sulfide) groups is 1. The Hall–Kier alpha value is -3.11. The van der Waals surface area contributed by atoms with Gasteiger partial charge in [-0.05, 0) is 18.1 Å². The Morgan fingerprint density at radius 1 is 1.27 bits per heavy atom. The van der Waals surface area contributed by atoms with E-state index in [0.29, 0.717) is 23.9 Å². The number of fused-ring (bicyclic) bond motifs is 1. The fraction of sp³-hybridized carbons (Fsp3) is 0.318. The van der Waals surface area contributed by atoms with E-state index in [-0.39, 0.29) is 11.7 Å². The minimum absolute atomic E-state index is 0.0283. The zero-order valence-electron chi connectivity index (χ0n) is 18.1. The third kappa shape index (κ3) is 5.63. The number of nitrogens with one attached hydrogen (secondary N) is 2. The van der Waals surface area contributed by atoms with Crippen molar-refractivity contribution in [2.24, 2.45) is 0 Å². The monoisotopic (exact) mass is 485 g/mol. The lowest BCUT2D eigenvalue weighted by Gasteiger charge is -2.21. The zero-order chi connectivity index (χ0) is 23.2. The molecule has 3 aromatic rings. The summed E-state index contributed by atoms with van der Waals surface area (Å²) in [7, 11) is 1.68. The van der Waals surface area contributed by atoms with Gasteiger partial charge in [0, 0.05) is 30.1 Å². The highest BCUT2D eigenvalue weighted by molar-refractivity contribution is 7.99. The lowest BCUT2D eigenvalue weighted by molar-refractivity contribution is -0.119. The van der Waals surface area contributed by atoms with Crippen molar-refractivity contribution in [3.8, 4) is 0 Å². The maximum absolute atomic E-state index is 13.0. The zero-order valence-corrected chi connectivity index (χ0v) is 19.6. The van der Waals surface area contributed by atoms with Crippen LogP contribution in [0.3, 0.4) is 0 Å². The van der Waals surface area contributed by atoms with Crippen LogP contribution in [-0.2, 0) is 11.3 Å². The number of carbonyl (C=O) groups excluding carboxylic acids is 2. The SMILES string of the molecule is CN1C(=O)[C@@H](NC(=O)c2ncn(Cc3ccccc3)n2)CSc2cc(NCCCCl)ncc21. The molecule has 4 rings (SSSR count). The second-order valence-corrected chi connectivity index (χ2v) is 8.93. The number of pyridine rings is 1. The minimum Gasteiger partial charge on any atom is -0.370 e. The predicted molar refractivity (Wildman–Crippen MR) is 129 cm³/mol. The van der Waals surface area contributed by atoms with Crippen LogP contribution in [0.5, 0.6) is 0 Å². The van der Waals surface area contributed by atoms with Gasteiger partial charge in [-0.1, -0.05) is 30.3 Å². The molecule has 2 N–H and O–H groups in total. The quantitative estimate of drug-likeness (QED) is 0.373. The van der Waals surface area contributed by atoms with Gasteiger partial charge in [0.1, 0.15) is 18.2 Å². The topological polar surface area (TPSA) is 105 Å². The molecule has 2 aromatic heterocycles. The molecular weight excluding hydrogens is 462 g/mol. The lowest BCUT2D eigenvalue weighted by atomic mass is 10.2. The van der Waals surface area contributed by atoms with E-state index in [4.69, 9.17) is 11.6 Å². The molecule has 3 heterocycles. The van der Waals surface area contributed by atoms with Gasteiger partial charge < -0.3 is 15.5 Å². The number of anilines is 2. The van der Waals surface area contributed by atoms with E-state index in [1.54, 1.807) is 17.9 Å². The van der Waals surface area contributed by atoms with Crippen LogP contribution in [0.2, 0.25) is 0 Å². The summed E-state index contributed by atoms with van der Waals surface area (Å²) in [5.41, 5.74) is 1.75. The first-order chi connectivity index (χ1) is 16.0. The van der Waals surface area contributed by atoms with Gasteiger partial charge in [-0.2, -0.15) is 0 Å². The Bertz CT molecular complexity index is 1120. The highest BCUT2D eigenvalue weighted by Gasteiger charge is 2.31. The van der Waals surface area contributed by atoms with Gasteiger partial charge in [0.25, 0.3) is 5.91 Å². The fourth-order valence-electron chi connectivity index (χ4n) is 3.35. The number of aromatic nitrogens is 4. The number of nitrogens with zero attached hydrogens (tertiary/aromatic N) is 5. The molecule has 9 nitrogen and oxygen atoms in total. The Balaban J connectivity index is 1.41. The molecule has 0 saturated heterocycles. The standard InChI is InChI=1S/C22H24ClN7O2S/c1-29-17-11-25-19(24-9-5-8-23)10-18(17)33-13-16(22(29)32)27-21(31)20-26-14-30(28-20)12-15-6-3-2-4-7-15/h2-4,6-7,10-11,14,16H,5,8-9,12-13H2,1H3,(H,24,25)(H,27,31)/t16-/m0/s1. The predicted octanol–water partition coefficient (Wildman–Crippen LogP) is 2.63. The molecule has 0 unspecified atom stereocenters. The maximum Gasteiger partial charge on any atom is 0.291 e. The van der Waals surface area contributed by atoms with Gasteiger partial charge in [0.05, 0.1) is 18.4 Å². The van der Waals surface area contributed by atoms with Crippen molar-refractivity contribution < 1.29 is 9.59 Å². The molecule has 33 heavy (non-hydrogen) atoms. The normalized spacial score (nSPS) is 15.6. The van der Waals surface area contributed by atoms with Crippen molar-refractivity contribution in [2.75, 3.05) is 35.4 Å². The van der Waals surface area contributed by atoms with Crippen LogP contribution >= 0.6 is 23.4 Å². The summed E-state index contributed by atoms with van der Waals surface area (Å²) < 4.78 is 1.60. The van der Waals surface area contributed by atoms with Crippen LogP contribution < -0.4 is 15.5 Å². The maximum atomic E-state index is 13.0. The third-order valence-corrected chi connectivity index (χ3v) is 6.50. The molecule has 1 atom stereocenters. The highest BCUT2D eigenvalue weighted by atomic mass is 35.5. The van der Waals surface area contributed by atoms with Crippen molar-refractivity contribution >= 4 is 46.7 Å². The molecular formula is C22H24ClN7O2S. The number of benzene rings is 1. The third-order valence-electron chi connectivity index (χ3n) is 5.09. The number of rotatable bonds is 8. The van der Waals surface area contributed by atoms with Crippen LogP contribution in [0.25, 0.3) is 0 Å². The first kappa shape index (κ1) is 23.1. The van der Waals surface area contributed by atoms with E-state index >= 15 is 0 Å².